The Kier molecular flexibility index (Phi) is 3.74. The third-order valence-electron chi connectivity index (χ3n) is 1.85. The van der Waals surface area contributed by atoms with Gasteiger partial charge < -0.3 is 15.8 Å². The molecule has 4 nitrogen and oxygen atoms in total. The number of hydrogen-bond acceptors (Lipinski definition) is 3. The lowest BCUT2D eigenvalue weighted by molar-refractivity contribution is -0.115. The number of carbonyl (C=O) groups excluding carboxylic acids is 1. The highest BCUT2D eigenvalue weighted by Gasteiger charge is 2.03. The molecule has 1 rings (SSSR count). The highest BCUT2D eigenvalue weighted by Crippen LogP contribution is 2.24. The fraction of sp³-hybridized carbons (Fsp3) is 0.182. The van der Waals surface area contributed by atoms with Crippen molar-refractivity contribution in [2.45, 2.75) is 6.42 Å². The molecule has 0 saturated heterocycles. The van der Waals surface area contributed by atoms with Gasteiger partial charge in [0.25, 0.3) is 0 Å². The summed E-state index contributed by atoms with van der Waals surface area (Å²) in [6, 6.07) is 5.08. The van der Waals surface area contributed by atoms with Crippen LogP contribution in [0.1, 0.15) is 6.42 Å². The average Bonchev–Trinajstić information content (AvgIpc) is 2.21. The maximum absolute atomic E-state index is 11.2. The van der Waals surface area contributed by atoms with Crippen LogP contribution in [0.5, 0.6) is 5.75 Å². The molecule has 1 aromatic carbocycles. The second-order valence-corrected chi connectivity index (χ2v) is 3.00. The first kappa shape index (κ1) is 11.1. The second-order valence-electron chi connectivity index (χ2n) is 3.00. The van der Waals surface area contributed by atoms with E-state index in [1.54, 1.807) is 24.3 Å². The summed E-state index contributed by atoms with van der Waals surface area (Å²) in [7, 11) is 1.53. The summed E-state index contributed by atoms with van der Waals surface area (Å²) >= 11 is 0. The zero-order valence-electron chi connectivity index (χ0n) is 8.62. The van der Waals surface area contributed by atoms with E-state index in [-0.39, 0.29) is 12.3 Å². The first-order valence-corrected chi connectivity index (χ1v) is 4.51. The molecule has 1 amide bonds. The largest absolute Gasteiger partial charge is 0.495 e. The minimum Gasteiger partial charge on any atom is -0.495 e. The van der Waals surface area contributed by atoms with Crippen molar-refractivity contribution in [1.82, 2.24) is 0 Å². The first-order valence-electron chi connectivity index (χ1n) is 4.51. The Morgan fingerprint density at radius 3 is 3.00 bits per heavy atom. The Labute approximate surface area is 88.7 Å². The monoisotopic (exact) mass is 206 g/mol. The highest BCUT2D eigenvalue weighted by atomic mass is 16.5. The number of nitrogen functional groups attached to an aromatic ring is 1. The van der Waals surface area contributed by atoms with E-state index in [1.165, 1.54) is 7.11 Å². The van der Waals surface area contributed by atoms with Crippen molar-refractivity contribution in [3.63, 3.8) is 0 Å². The number of amides is 1. The number of rotatable bonds is 4. The van der Waals surface area contributed by atoms with Gasteiger partial charge >= 0.3 is 0 Å². The van der Waals surface area contributed by atoms with Crippen molar-refractivity contribution in [3.05, 3.63) is 30.9 Å². The molecule has 0 bridgehead atoms. The van der Waals surface area contributed by atoms with Gasteiger partial charge in [0.05, 0.1) is 12.8 Å². The fourth-order valence-electron chi connectivity index (χ4n) is 1.13. The summed E-state index contributed by atoms with van der Waals surface area (Å²) in [6.07, 6.45) is 1.83. The number of hydrogen-bond donors (Lipinski definition) is 2. The number of nitrogens with two attached hydrogens (primary N) is 1. The van der Waals surface area contributed by atoms with E-state index < -0.39 is 0 Å². The summed E-state index contributed by atoms with van der Waals surface area (Å²) in [5.74, 6) is 0.434. The minimum absolute atomic E-state index is 0.114. The number of nitrogens with one attached hydrogen (secondary N) is 1. The Bertz CT molecular complexity index is 375. The van der Waals surface area contributed by atoms with Gasteiger partial charge in [-0.15, -0.1) is 6.58 Å². The Morgan fingerprint density at radius 2 is 2.40 bits per heavy atom. The van der Waals surface area contributed by atoms with Crippen LogP contribution in [0.2, 0.25) is 0 Å². The van der Waals surface area contributed by atoms with E-state index in [1.807, 2.05) is 0 Å². The van der Waals surface area contributed by atoms with Crippen LogP contribution in [0.4, 0.5) is 11.4 Å². The lowest BCUT2D eigenvalue weighted by Crippen LogP contribution is -2.10. The SMILES string of the molecule is C=CCC(=O)Nc1ccc(N)c(OC)c1. The molecule has 0 saturated carbocycles. The van der Waals surface area contributed by atoms with Gasteiger partial charge in [-0.1, -0.05) is 6.08 Å². The molecule has 0 radical (unpaired) electrons. The van der Waals surface area contributed by atoms with Crippen LogP contribution in [-0.4, -0.2) is 13.0 Å². The van der Waals surface area contributed by atoms with Crippen molar-refractivity contribution in [1.29, 1.82) is 0 Å². The quantitative estimate of drug-likeness (QED) is 0.583. The topological polar surface area (TPSA) is 64.4 Å². The molecule has 0 atom stereocenters. The molecule has 0 aliphatic rings. The van der Waals surface area contributed by atoms with Crippen molar-refractivity contribution >= 4 is 17.3 Å². The van der Waals surface area contributed by atoms with E-state index in [2.05, 4.69) is 11.9 Å². The van der Waals surface area contributed by atoms with Gasteiger partial charge in [-0.2, -0.15) is 0 Å². The molecule has 0 spiro atoms. The molecule has 0 aliphatic carbocycles. The zero-order chi connectivity index (χ0) is 11.3. The van der Waals surface area contributed by atoms with E-state index in [9.17, 15) is 4.79 Å². The number of carbonyl (C=O) groups is 1. The molecule has 0 fully saturated rings. The van der Waals surface area contributed by atoms with Gasteiger partial charge in [0.15, 0.2) is 0 Å². The second kappa shape index (κ2) is 5.05. The first-order chi connectivity index (χ1) is 7.17. The predicted octanol–water partition coefficient (Wildman–Crippen LogP) is 1.79. The lowest BCUT2D eigenvalue weighted by atomic mass is 10.2. The summed E-state index contributed by atoms with van der Waals surface area (Å²) in [4.78, 5) is 11.2. The maximum atomic E-state index is 11.2. The third-order valence-corrected chi connectivity index (χ3v) is 1.85. The summed E-state index contributed by atoms with van der Waals surface area (Å²) in [5.41, 5.74) is 6.84. The molecule has 0 aromatic heterocycles. The van der Waals surface area contributed by atoms with Crippen LogP contribution >= 0.6 is 0 Å². The van der Waals surface area contributed by atoms with E-state index >= 15 is 0 Å². The van der Waals surface area contributed by atoms with Crippen LogP contribution in [-0.2, 0) is 4.79 Å². The molecule has 0 heterocycles. The van der Waals surface area contributed by atoms with Crippen LogP contribution < -0.4 is 15.8 Å². The molecule has 1 aromatic rings. The number of anilines is 2. The van der Waals surface area contributed by atoms with Gasteiger partial charge in [-0.25, -0.2) is 0 Å². The maximum Gasteiger partial charge on any atom is 0.228 e. The average molecular weight is 206 g/mol. The van der Waals surface area contributed by atoms with Gasteiger partial charge in [-0.3, -0.25) is 4.79 Å². The lowest BCUT2D eigenvalue weighted by Gasteiger charge is -2.08. The Balaban J connectivity index is 2.78. The zero-order valence-corrected chi connectivity index (χ0v) is 8.62. The fourth-order valence-corrected chi connectivity index (χ4v) is 1.13. The van der Waals surface area contributed by atoms with Crippen LogP contribution in [0, 0.1) is 0 Å². The third kappa shape index (κ3) is 3.02. The van der Waals surface area contributed by atoms with Gasteiger partial charge in [0, 0.05) is 18.2 Å². The summed E-state index contributed by atoms with van der Waals surface area (Å²) in [6.45, 7) is 3.48. The minimum atomic E-state index is -0.114. The molecule has 4 heteroatoms. The summed E-state index contributed by atoms with van der Waals surface area (Å²) in [5, 5.41) is 2.70. The number of ether oxygens (including phenoxy) is 1. The molecule has 0 unspecified atom stereocenters. The van der Waals surface area contributed by atoms with Crippen LogP contribution in [0.15, 0.2) is 30.9 Å². The molecule has 15 heavy (non-hydrogen) atoms. The van der Waals surface area contributed by atoms with Crippen LogP contribution in [0.25, 0.3) is 0 Å². The smallest absolute Gasteiger partial charge is 0.228 e. The van der Waals surface area contributed by atoms with Crippen molar-refractivity contribution in [2.75, 3.05) is 18.2 Å². The molecule has 0 aliphatic heterocycles. The molecule has 3 N–H and O–H groups in total. The molecule has 80 valence electrons. The van der Waals surface area contributed by atoms with E-state index in [0.717, 1.165) is 0 Å². The normalized spacial score (nSPS) is 9.40. The summed E-state index contributed by atoms with van der Waals surface area (Å²) < 4.78 is 5.03. The van der Waals surface area contributed by atoms with Crippen molar-refractivity contribution in [3.8, 4) is 5.75 Å². The predicted molar refractivity (Wildman–Crippen MR) is 60.9 cm³/mol. The highest BCUT2D eigenvalue weighted by molar-refractivity contribution is 5.92. The van der Waals surface area contributed by atoms with E-state index in [0.29, 0.717) is 17.1 Å². The Morgan fingerprint density at radius 1 is 1.67 bits per heavy atom. The number of benzene rings is 1. The van der Waals surface area contributed by atoms with Gasteiger partial charge in [-0.05, 0) is 12.1 Å². The molecular weight excluding hydrogens is 192 g/mol. The van der Waals surface area contributed by atoms with Crippen LogP contribution in [0.3, 0.4) is 0 Å². The van der Waals surface area contributed by atoms with E-state index in [4.69, 9.17) is 10.5 Å². The van der Waals surface area contributed by atoms with Crippen molar-refractivity contribution in [2.24, 2.45) is 0 Å². The van der Waals surface area contributed by atoms with Gasteiger partial charge in [0.1, 0.15) is 5.75 Å². The standard InChI is InChI=1S/C11H14N2O2/c1-3-4-11(14)13-8-5-6-9(12)10(7-8)15-2/h3,5-7H,1,4,12H2,2H3,(H,13,14). The number of methoxy groups -OCH3 is 1. The Hall–Kier alpha value is -1.97. The molecular formula is C11H14N2O2. The van der Waals surface area contributed by atoms with Gasteiger partial charge in [0.2, 0.25) is 5.91 Å². The van der Waals surface area contributed by atoms with Crippen molar-refractivity contribution < 1.29 is 9.53 Å².